The molecule has 0 saturated heterocycles. The van der Waals surface area contributed by atoms with Gasteiger partial charge in [0.1, 0.15) is 0 Å². The molecular formula is C22H34F12O10. The molecule has 0 bridgehead atoms. The van der Waals surface area contributed by atoms with Crippen molar-refractivity contribution < 1.29 is 101 Å². The Morgan fingerprint density at radius 3 is 0.659 bits per heavy atom. The average Bonchev–Trinajstić information content (AvgIpc) is 2.88. The van der Waals surface area contributed by atoms with Crippen molar-refractivity contribution in [1.82, 2.24) is 0 Å². The predicted octanol–water partition coefficient (Wildman–Crippen LogP) is 2.83. The molecule has 0 saturated carbocycles. The quantitative estimate of drug-likeness (QED) is 0.110. The predicted molar refractivity (Wildman–Crippen MR) is 121 cm³/mol. The van der Waals surface area contributed by atoms with Crippen LogP contribution in [0.3, 0.4) is 0 Å². The molecule has 0 aromatic rings. The second kappa shape index (κ2) is 20.1. The summed E-state index contributed by atoms with van der Waals surface area (Å²) in [6, 6.07) is 0. The fraction of sp³-hybridized carbons (Fsp3) is 1.00. The first-order valence-corrected chi connectivity index (χ1v) is 12.6. The van der Waals surface area contributed by atoms with Gasteiger partial charge in [0.25, 0.3) is 0 Å². The molecule has 10 nitrogen and oxygen atoms in total. The number of hydrogen-bond acceptors (Lipinski definition) is 10. The Kier molecular flexibility index (Phi) is 19.5. The fourth-order valence-corrected chi connectivity index (χ4v) is 3.37. The minimum Gasteiger partial charge on any atom is -0.394 e. The van der Waals surface area contributed by atoms with Crippen LogP contribution in [-0.4, -0.2) is 152 Å². The third kappa shape index (κ3) is 12.5. The van der Waals surface area contributed by atoms with Crippen LogP contribution in [0, 0.1) is 0 Å². The Labute approximate surface area is 243 Å². The van der Waals surface area contributed by atoms with Crippen LogP contribution in [0.25, 0.3) is 0 Å². The van der Waals surface area contributed by atoms with Crippen LogP contribution in [0.4, 0.5) is 52.7 Å². The SMILES string of the molecule is OCCOCCOCCOCCOC(C(F)(F)F)(C(F)(F)F)C(OCCOCCOCCOCCO)(C(F)(F)F)C(F)(F)F. The number of aliphatic hydroxyl groups excluding tert-OH is 2. The Bertz CT molecular complexity index is 645. The smallest absolute Gasteiger partial charge is 0.394 e. The maximum atomic E-state index is 14.0. The summed E-state index contributed by atoms with van der Waals surface area (Å²) in [4.78, 5) is 0. The number of alkyl halides is 12. The first-order chi connectivity index (χ1) is 20.4. The van der Waals surface area contributed by atoms with Gasteiger partial charge in [-0.1, -0.05) is 0 Å². The lowest BCUT2D eigenvalue weighted by molar-refractivity contribution is -0.510. The van der Waals surface area contributed by atoms with Gasteiger partial charge in [0.05, 0.1) is 106 Å². The molecule has 0 aliphatic rings. The molecule has 0 aliphatic carbocycles. The van der Waals surface area contributed by atoms with Crippen LogP contribution in [-0.2, 0) is 37.9 Å². The topological polar surface area (TPSA) is 114 Å². The van der Waals surface area contributed by atoms with Crippen molar-refractivity contribution in [3.63, 3.8) is 0 Å². The largest absolute Gasteiger partial charge is 0.430 e. The summed E-state index contributed by atoms with van der Waals surface area (Å²) >= 11 is 0. The zero-order chi connectivity index (χ0) is 34.0. The van der Waals surface area contributed by atoms with Gasteiger partial charge in [-0.15, -0.1) is 0 Å². The van der Waals surface area contributed by atoms with Crippen LogP contribution < -0.4 is 0 Å². The summed E-state index contributed by atoms with van der Waals surface area (Å²) in [6.45, 7) is -9.29. The normalized spacial score (nSPS) is 14.0. The van der Waals surface area contributed by atoms with E-state index in [1.807, 2.05) is 0 Å². The van der Waals surface area contributed by atoms with E-state index in [4.69, 9.17) is 29.2 Å². The molecule has 0 aromatic heterocycles. The summed E-state index contributed by atoms with van der Waals surface area (Å²) in [5.41, 5.74) is -14.0. The molecule has 0 heterocycles. The Balaban J connectivity index is 5.71. The van der Waals surface area contributed by atoms with Crippen molar-refractivity contribution in [3.05, 3.63) is 0 Å². The van der Waals surface area contributed by atoms with Crippen LogP contribution >= 0.6 is 0 Å². The van der Waals surface area contributed by atoms with Gasteiger partial charge in [0.15, 0.2) is 0 Å². The molecule has 0 amide bonds. The summed E-state index contributed by atoms with van der Waals surface area (Å²) in [5.74, 6) is 0. The maximum Gasteiger partial charge on any atom is 0.430 e. The fourth-order valence-electron chi connectivity index (χ4n) is 3.37. The highest BCUT2D eigenvalue weighted by Gasteiger charge is 2.96. The molecule has 22 heteroatoms. The van der Waals surface area contributed by atoms with E-state index in [-0.39, 0.29) is 66.1 Å². The molecule has 0 spiro atoms. The van der Waals surface area contributed by atoms with Crippen molar-refractivity contribution in [3.8, 4) is 0 Å². The lowest BCUT2D eigenvalue weighted by Crippen LogP contribution is -2.82. The molecule has 266 valence electrons. The second-order valence-electron chi connectivity index (χ2n) is 8.17. The first kappa shape index (κ1) is 42.8. The standard InChI is InChI=1S/C22H34F12O10/c23-19(24,25)17(20(26,27)28,43-15-13-41-11-9-39-7-5-37-3-1-35)18(21(29,30)31,22(32,33)34)44-16-14-42-12-10-40-8-6-38-4-2-36/h35-36H,1-16H2. The van der Waals surface area contributed by atoms with Gasteiger partial charge in [-0.3, -0.25) is 0 Å². The van der Waals surface area contributed by atoms with E-state index in [1.165, 1.54) is 0 Å². The van der Waals surface area contributed by atoms with Crippen molar-refractivity contribution in [2.24, 2.45) is 0 Å². The van der Waals surface area contributed by atoms with E-state index in [9.17, 15) is 52.7 Å². The van der Waals surface area contributed by atoms with Gasteiger partial charge in [0, 0.05) is 0 Å². The molecule has 0 rings (SSSR count). The minimum atomic E-state index is -7.39. The van der Waals surface area contributed by atoms with Gasteiger partial charge in [-0.2, -0.15) is 52.7 Å². The molecule has 0 aromatic carbocycles. The van der Waals surface area contributed by atoms with E-state index in [2.05, 4.69) is 18.9 Å². The van der Waals surface area contributed by atoms with Crippen molar-refractivity contribution in [2.45, 2.75) is 35.9 Å². The van der Waals surface area contributed by atoms with E-state index in [0.717, 1.165) is 0 Å². The molecular weight excluding hydrogens is 652 g/mol. The van der Waals surface area contributed by atoms with Crippen LogP contribution in [0.2, 0.25) is 0 Å². The molecule has 0 radical (unpaired) electrons. The van der Waals surface area contributed by atoms with Crippen LogP contribution in [0.1, 0.15) is 0 Å². The van der Waals surface area contributed by atoms with Gasteiger partial charge in [-0.25, -0.2) is 0 Å². The molecule has 0 atom stereocenters. The zero-order valence-electron chi connectivity index (χ0n) is 23.0. The van der Waals surface area contributed by atoms with Crippen molar-refractivity contribution in [2.75, 3.05) is 106 Å². The van der Waals surface area contributed by atoms with E-state index in [0.29, 0.717) is 0 Å². The lowest BCUT2D eigenvalue weighted by atomic mass is 9.78. The molecule has 0 unspecified atom stereocenters. The zero-order valence-corrected chi connectivity index (χ0v) is 23.0. The Morgan fingerprint density at radius 2 is 0.477 bits per heavy atom. The third-order valence-electron chi connectivity index (χ3n) is 5.14. The van der Waals surface area contributed by atoms with Gasteiger partial charge >= 0.3 is 35.9 Å². The highest BCUT2D eigenvalue weighted by molar-refractivity contribution is 5.19. The van der Waals surface area contributed by atoms with Gasteiger partial charge in [-0.05, 0) is 0 Å². The number of rotatable bonds is 25. The number of ether oxygens (including phenoxy) is 8. The van der Waals surface area contributed by atoms with Gasteiger partial charge in [0.2, 0.25) is 0 Å². The van der Waals surface area contributed by atoms with Crippen molar-refractivity contribution in [1.29, 1.82) is 0 Å². The lowest BCUT2D eigenvalue weighted by Gasteiger charge is -2.50. The number of aliphatic hydroxyl groups is 2. The summed E-state index contributed by atoms with van der Waals surface area (Å²) in [6.07, 6.45) is -29.6. The highest BCUT2D eigenvalue weighted by atomic mass is 19.4. The average molecular weight is 686 g/mol. The van der Waals surface area contributed by atoms with Crippen molar-refractivity contribution >= 4 is 0 Å². The summed E-state index contributed by atoms with van der Waals surface area (Å²) in [5, 5.41) is 17.0. The monoisotopic (exact) mass is 686 g/mol. The van der Waals surface area contributed by atoms with E-state index < -0.39 is 75.5 Å². The first-order valence-electron chi connectivity index (χ1n) is 12.6. The number of halogens is 12. The van der Waals surface area contributed by atoms with Gasteiger partial charge < -0.3 is 48.1 Å². The highest BCUT2D eigenvalue weighted by Crippen LogP contribution is 2.63. The molecule has 2 N–H and O–H groups in total. The molecule has 44 heavy (non-hydrogen) atoms. The van der Waals surface area contributed by atoms with Crippen LogP contribution in [0.15, 0.2) is 0 Å². The van der Waals surface area contributed by atoms with Crippen LogP contribution in [0.5, 0.6) is 0 Å². The molecule has 0 fully saturated rings. The van der Waals surface area contributed by atoms with E-state index in [1.54, 1.807) is 0 Å². The molecule has 0 aliphatic heterocycles. The summed E-state index contributed by atoms with van der Waals surface area (Å²) < 4.78 is 203. The Morgan fingerprint density at radius 1 is 0.295 bits per heavy atom. The minimum absolute atomic E-state index is 0.0132. The number of hydrogen-bond donors (Lipinski definition) is 2. The summed E-state index contributed by atoms with van der Waals surface area (Å²) in [7, 11) is 0. The maximum absolute atomic E-state index is 14.0. The second-order valence-corrected chi connectivity index (χ2v) is 8.17. The Hall–Kier alpha value is -1.24. The van der Waals surface area contributed by atoms with E-state index >= 15 is 0 Å². The third-order valence-corrected chi connectivity index (χ3v) is 5.14.